The van der Waals surface area contributed by atoms with Crippen LogP contribution in [0.25, 0.3) is 5.57 Å². The lowest BCUT2D eigenvalue weighted by atomic mass is 9.96. The van der Waals surface area contributed by atoms with Crippen molar-refractivity contribution in [3.63, 3.8) is 0 Å². The predicted molar refractivity (Wildman–Crippen MR) is 133 cm³/mol. The highest BCUT2D eigenvalue weighted by Gasteiger charge is 2.19. The van der Waals surface area contributed by atoms with Gasteiger partial charge in [0.25, 0.3) is 0 Å². The van der Waals surface area contributed by atoms with E-state index in [1.165, 1.54) is 23.5 Å². The topological polar surface area (TPSA) is 48.0 Å². The van der Waals surface area contributed by atoms with Crippen LogP contribution in [-0.4, -0.2) is 62.8 Å². The van der Waals surface area contributed by atoms with Gasteiger partial charge in [-0.15, -0.1) is 23.5 Å². The van der Waals surface area contributed by atoms with Crippen molar-refractivity contribution in [2.45, 2.75) is 11.0 Å². The third kappa shape index (κ3) is 5.45. The van der Waals surface area contributed by atoms with Crippen LogP contribution in [0.2, 0.25) is 0 Å². The van der Waals surface area contributed by atoms with Gasteiger partial charge < -0.3 is 19.1 Å². The Hall–Kier alpha value is -2.09. The van der Waals surface area contributed by atoms with Gasteiger partial charge >= 0.3 is 0 Å². The highest BCUT2D eigenvalue weighted by Crippen LogP contribution is 2.44. The number of carbonyl (C=O) groups is 1. The number of thioether (sulfide) groups is 2. The molecule has 2 aromatic rings. The van der Waals surface area contributed by atoms with Crippen molar-refractivity contribution < 1.29 is 19.0 Å². The number of carbonyl (C=O) groups excluding carboxylic acids is 1. The van der Waals surface area contributed by atoms with E-state index in [0.29, 0.717) is 42.4 Å². The van der Waals surface area contributed by atoms with Gasteiger partial charge in [0.15, 0.2) is 11.5 Å². The zero-order valence-corrected chi connectivity index (χ0v) is 20.2. The fourth-order valence-electron chi connectivity index (χ4n) is 3.84. The number of morpholine rings is 1. The summed E-state index contributed by atoms with van der Waals surface area (Å²) < 4.78 is 16.8. The van der Waals surface area contributed by atoms with Crippen molar-refractivity contribution in [1.29, 1.82) is 0 Å². The maximum atomic E-state index is 13.1. The van der Waals surface area contributed by atoms with Gasteiger partial charge in [-0.1, -0.05) is 30.3 Å². The van der Waals surface area contributed by atoms with Gasteiger partial charge in [0.05, 0.1) is 32.0 Å². The summed E-state index contributed by atoms with van der Waals surface area (Å²) in [6.07, 6.45) is 3.02. The summed E-state index contributed by atoms with van der Waals surface area (Å²) in [7, 11) is 3.24. The molecular formula is C25H29NO4S2. The molecule has 2 heterocycles. The molecular weight excluding hydrogens is 442 g/mol. The SMILES string of the molecule is COc1ccc(/C(=C\C(=O)N2CCOCC2)c2ccc(C3SCCCS3)cc2)cc1OC. The van der Waals surface area contributed by atoms with E-state index in [-0.39, 0.29) is 5.91 Å². The molecule has 7 heteroatoms. The molecule has 32 heavy (non-hydrogen) atoms. The first-order valence-corrected chi connectivity index (χ1v) is 12.9. The van der Waals surface area contributed by atoms with Crippen LogP contribution in [0.3, 0.4) is 0 Å². The van der Waals surface area contributed by atoms with Crippen molar-refractivity contribution in [3.8, 4) is 11.5 Å². The quantitative estimate of drug-likeness (QED) is 0.561. The fraction of sp³-hybridized carbons (Fsp3) is 0.400. The normalized spacial score (nSPS) is 17.8. The maximum absolute atomic E-state index is 13.1. The summed E-state index contributed by atoms with van der Waals surface area (Å²) >= 11 is 4.02. The molecule has 0 bridgehead atoms. The predicted octanol–water partition coefficient (Wildman–Crippen LogP) is 4.86. The summed E-state index contributed by atoms with van der Waals surface area (Å²) in [6, 6.07) is 14.4. The second kappa shape index (κ2) is 11.2. The molecule has 0 saturated carbocycles. The zero-order valence-electron chi connectivity index (χ0n) is 18.5. The van der Waals surface area contributed by atoms with Gasteiger partial charge in [0.2, 0.25) is 5.91 Å². The molecule has 2 fully saturated rings. The lowest BCUT2D eigenvalue weighted by Crippen LogP contribution is -2.39. The number of hydrogen-bond donors (Lipinski definition) is 0. The minimum absolute atomic E-state index is 0.000512. The Bertz CT molecular complexity index is 949. The Morgan fingerprint density at radius 2 is 1.62 bits per heavy atom. The minimum Gasteiger partial charge on any atom is -0.493 e. The van der Waals surface area contributed by atoms with Crippen LogP contribution >= 0.6 is 23.5 Å². The van der Waals surface area contributed by atoms with Gasteiger partial charge in [0, 0.05) is 19.2 Å². The molecule has 0 radical (unpaired) electrons. The van der Waals surface area contributed by atoms with Crippen LogP contribution in [0.1, 0.15) is 27.7 Å². The van der Waals surface area contributed by atoms with Gasteiger partial charge in [-0.05, 0) is 52.3 Å². The Morgan fingerprint density at radius 1 is 0.969 bits per heavy atom. The minimum atomic E-state index is 0.000512. The molecule has 0 N–H and O–H groups in total. The van der Waals surface area contributed by atoms with Crippen molar-refractivity contribution in [3.05, 3.63) is 65.2 Å². The first kappa shape index (κ1) is 23.1. The molecule has 5 nitrogen and oxygen atoms in total. The fourth-order valence-corrected chi connectivity index (χ4v) is 6.73. The van der Waals surface area contributed by atoms with Gasteiger partial charge in [-0.3, -0.25) is 4.79 Å². The average Bonchev–Trinajstić information content (AvgIpc) is 2.88. The molecule has 2 aliphatic heterocycles. The van der Waals surface area contributed by atoms with E-state index in [4.69, 9.17) is 14.2 Å². The average molecular weight is 472 g/mol. The lowest BCUT2D eigenvalue weighted by molar-refractivity contribution is -0.129. The van der Waals surface area contributed by atoms with Crippen LogP contribution in [0.5, 0.6) is 11.5 Å². The molecule has 0 unspecified atom stereocenters. The summed E-state index contributed by atoms with van der Waals surface area (Å²) in [5, 5.41) is 0. The second-order valence-electron chi connectivity index (χ2n) is 7.61. The molecule has 170 valence electrons. The summed E-state index contributed by atoms with van der Waals surface area (Å²) in [5.74, 6) is 3.73. The van der Waals surface area contributed by atoms with Crippen LogP contribution in [0.4, 0.5) is 0 Å². The number of methoxy groups -OCH3 is 2. The van der Waals surface area contributed by atoms with Crippen LogP contribution in [0, 0.1) is 0 Å². The number of rotatable bonds is 6. The van der Waals surface area contributed by atoms with Crippen LogP contribution in [-0.2, 0) is 9.53 Å². The van der Waals surface area contributed by atoms with Crippen molar-refractivity contribution in [2.75, 3.05) is 52.0 Å². The second-order valence-corrected chi connectivity index (χ2v) is 10.3. The highest BCUT2D eigenvalue weighted by molar-refractivity contribution is 8.16. The monoisotopic (exact) mass is 471 g/mol. The van der Waals surface area contributed by atoms with Crippen molar-refractivity contribution in [2.24, 2.45) is 0 Å². The molecule has 2 aliphatic rings. The number of amides is 1. The maximum Gasteiger partial charge on any atom is 0.247 e. The summed E-state index contributed by atoms with van der Waals surface area (Å²) in [6.45, 7) is 2.39. The van der Waals surface area contributed by atoms with E-state index in [0.717, 1.165) is 16.7 Å². The largest absolute Gasteiger partial charge is 0.493 e. The smallest absolute Gasteiger partial charge is 0.247 e. The molecule has 2 saturated heterocycles. The third-order valence-corrected chi connectivity index (χ3v) is 8.62. The van der Waals surface area contributed by atoms with Gasteiger partial charge in [-0.25, -0.2) is 0 Å². The van der Waals surface area contributed by atoms with Crippen LogP contribution in [0.15, 0.2) is 48.5 Å². The first-order chi connectivity index (χ1) is 15.7. The molecule has 0 spiro atoms. The summed E-state index contributed by atoms with van der Waals surface area (Å²) in [5.41, 5.74) is 4.12. The highest BCUT2D eigenvalue weighted by atomic mass is 32.2. The van der Waals surface area contributed by atoms with Crippen molar-refractivity contribution >= 4 is 35.0 Å². The molecule has 0 aromatic heterocycles. The third-order valence-electron chi connectivity index (χ3n) is 5.61. The van der Waals surface area contributed by atoms with Gasteiger partial charge in [0.1, 0.15) is 0 Å². The number of nitrogens with zero attached hydrogens (tertiary/aromatic N) is 1. The van der Waals surface area contributed by atoms with E-state index < -0.39 is 0 Å². The zero-order chi connectivity index (χ0) is 22.3. The number of benzene rings is 2. The Morgan fingerprint density at radius 3 is 2.28 bits per heavy atom. The Labute approximate surface area is 198 Å². The van der Waals surface area contributed by atoms with E-state index in [1.54, 1.807) is 20.3 Å². The molecule has 4 rings (SSSR count). The first-order valence-electron chi connectivity index (χ1n) is 10.8. The summed E-state index contributed by atoms with van der Waals surface area (Å²) in [4.78, 5) is 14.9. The van der Waals surface area contributed by atoms with Gasteiger partial charge in [-0.2, -0.15) is 0 Å². The number of hydrogen-bond acceptors (Lipinski definition) is 6. The van der Waals surface area contributed by atoms with E-state index in [9.17, 15) is 4.79 Å². The molecule has 0 atom stereocenters. The Balaban J connectivity index is 1.68. The van der Waals surface area contributed by atoms with Crippen LogP contribution < -0.4 is 9.47 Å². The van der Waals surface area contributed by atoms with E-state index in [1.807, 2.05) is 46.6 Å². The standard InChI is InChI=1S/C25H29NO4S2/c1-28-22-9-8-20(16-23(22)29-2)21(17-24(27)26-10-12-30-13-11-26)18-4-6-19(7-5-18)25-31-14-3-15-32-25/h4-9,16-17,25H,3,10-15H2,1-2H3/b21-17-. The van der Waals surface area contributed by atoms with E-state index in [2.05, 4.69) is 24.3 Å². The number of ether oxygens (including phenoxy) is 3. The molecule has 0 aliphatic carbocycles. The van der Waals surface area contributed by atoms with Crippen molar-refractivity contribution in [1.82, 2.24) is 4.90 Å². The van der Waals surface area contributed by atoms with E-state index >= 15 is 0 Å². The lowest BCUT2D eigenvalue weighted by Gasteiger charge is -2.26. The molecule has 2 aromatic carbocycles. The molecule has 1 amide bonds. The Kier molecular flexibility index (Phi) is 8.05.